The Hall–Kier alpha value is -4.86. The second-order valence-electron chi connectivity index (χ2n) is 18.9. The predicted octanol–water partition coefficient (Wildman–Crippen LogP) is 8.61. The molecule has 334 valence electrons. The quantitative estimate of drug-likeness (QED) is 0.128. The summed E-state index contributed by atoms with van der Waals surface area (Å²) < 4.78 is 87.7. The van der Waals surface area contributed by atoms with Crippen LogP contribution in [0.25, 0.3) is 0 Å². The summed E-state index contributed by atoms with van der Waals surface area (Å²) in [5, 5.41) is 13.1. The monoisotopic (exact) mass is 872 g/mol. The number of anilines is 1. The number of nitrogens with one attached hydrogen (secondary N) is 1. The first-order chi connectivity index (χ1) is 30.6. The molecule has 7 heterocycles. The van der Waals surface area contributed by atoms with Crippen molar-refractivity contribution in [1.29, 1.82) is 0 Å². The molecule has 16 heteroatoms. The molecule has 2 aromatic carbocycles. The highest BCUT2D eigenvalue weighted by molar-refractivity contribution is 5.40. The van der Waals surface area contributed by atoms with Crippen molar-refractivity contribution in [1.82, 2.24) is 44.8 Å². The van der Waals surface area contributed by atoms with Gasteiger partial charge in [0.2, 0.25) is 0 Å². The lowest BCUT2D eigenvalue weighted by Gasteiger charge is -2.38. The van der Waals surface area contributed by atoms with Gasteiger partial charge >= 0.3 is 0 Å². The number of nitrogens with zero attached hydrogens (tertiary/aromatic N) is 9. The van der Waals surface area contributed by atoms with E-state index >= 15 is 0 Å². The molecule has 2 aliphatic carbocycles. The fraction of sp³-hybridized carbons (Fsp3) is 0.574. The lowest BCUT2D eigenvalue weighted by Crippen LogP contribution is -2.43. The first kappa shape index (κ1) is 42.1. The third-order valence-electron chi connectivity index (χ3n) is 15.1. The summed E-state index contributed by atoms with van der Waals surface area (Å²) in [4.78, 5) is 20.8. The molecule has 0 amide bonds. The van der Waals surface area contributed by atoms with Gasteiger partial charge in [-0.3, -0.25) is 0 Å². The molecular weight excluding hydrogens is 819 g/mol. The van der Waals surface area contributed by atoms with Crippen LogP contribution in [-0.4, -0.2) is 65.7 Å². The maximum Gasteiger partial charge on any atom is 0.194 e. The predicted molar refractivity (Wildman–Crippen MR) is 223 cm³/mol. The van der Waals surface area contributed by atoms with E-state index in [2.05, 4.69) is 20.2 Å². The van der Waals surface area contributed by atoms with Gasteiger partial charge in [-0.25, -0.2) is 55.6 Å². The van der Waals surface area contributed by atoms with Gasteiger partial charge in [-0.2, -0.15) is 10.2 Å². The molecule has 2 saturated heterocycles. The molecule has 10 nitrogen and oxygen atoms in total. The summed E-state index contributed by atoms with van der Waals surface area (Å²) in [6.45, 7) is 7.50. The van der Waals surface area contributed by atoms with Crippen molar-refractivity contribution in [3.63, 3.8) is 0 Å². The van der Waals surface area contributed by atoms with Crippen LogP contribution >= 0.6 is 0 Å². The maximum absolute atomic E-state index is 14.7. The highest BCUT2D eigenvalue weighted by Gasteiger charge is 2.44. The van der Waals surface area contributed by atoms with Crippen LogP contribution in [0.5, 0.6) is 0 Å². The maximum atomic E-state index is 14.7. The molecule has 0 radical (unpaired) electrons. The van der Waals surface area contributed by atoms with Crippen molar-refractivity contribution in [2.45, 2.75) is 109 Å². The third kappa shape index (κ3) is 8.25. The van der Waals surface area contributed by atoms with Crippen LogP contribution in [0.4, 0.5) is 32.2 Å². The van der Waals surface area contributed by atoms with E-state index in [4.69, 9.17) is 20.2 Å². The molecule has 4 unspecified atom stereocenters. The molecule has 6 aliphatic rings. The Bertz CT molecular complexity index is 2420. The minimum atomic E-state index is -1.42. The molecule has 63 heavy (non-hydrogen) atoms. The van der Waals surface area contributed by atoms with Crippen LogP contribution in [0.15, 0.2) is 36.7 Å². The molecule has 2 saturated carbocycles. The van der Waals surface area contributed by atoms with E-state index in [1.807, 2.05) is 22.4 Å². The number of hydrogen-bond donors (Lipinski definition) is 1. The molecule has 4 bridgehead atoms. The molecular formula is C47H54F6N10. The second-order valence-corrected chi connectivity index (χ2v) is 18.9. The number of fused-ring (bicyclic) bond motifs is 6. The molecule has 11 rings (SSSR count). The third-order valence-corrected chi connectivity index (χ3v) is 15.1. The van der Waals surface area contributed by atoms with Gasteiger partial charge in [0.15, 0.2) is 46.6 Å². The van der Waals surface area contributed by atoms with E-state index in [9.17, 15) is 26.3 Å². The van der Waals surface area contributed by atoms with Gasteiger partial charge < -0.3 is 10.2 Å². The zero-order valence-corrected chi connectivity index (χ0v) is 35.6. The largest absolute Gasteiger partial charge is 0.356 e. The smallest absolute Gasteiger partial charge is 0.194 e. The van der Waals surface area contributed by atoms with Crippen LogP contribution in [0.1, 0.15) is 116 Å². The van der Waals surface area contributed by atoms with Crippen LogP contribution in [-0.2, 0) is 25.9 Å². The topological polar surface area (TPSA) is 102 Å². The van der Waals surface area contributed by atoms with Crippen molar-refractivity contribution < 1.29 is 26.3 Å². The number of benzene rings is 2. The van der Waals surface area contributed by atoms with Gasteiger partial charge in [-0.05, 0) is 119 Å². The molecule has 4 fully saturated rings. The first-order valence-corrected chi connectivity index (χ1v) is 23.0. The number of aryl methyl sites for hydroxylation is 3. The minimum absolute atomic E-state index is 0.166. The fourth-order valence-corrected chi connectivity index (χ4v) is 11.9. The van der Waals surface area contributed by atoms with Crippen LogP contribution in [0, 0.1) is 77.3 Å². The van der Waals surface area contributed by atoms with Gasteiger partial charge in [0, 0.05) is 73.7 Å². The molecule has 8 atom stereocenters. The van der Waals surface area contributed by atoms with Crippen molar-refractivity contribution in [3.05, 3.63) is 112 Å². The summed E-state index contributed by atoms with van der Waals surface area (Å²) in [6.07, 6.45) is 13.0. The number of rotatable bonds is 7. The summed E-state index contributed by atoms with van der Waals surface area (Å²) in [6, 6.07) is 6.77. The Labute approximate surface area is 363 Å². The number of halogens is 6. The number of aromatic nitrogens is 8. The normalized spacial score (nSPS) is 27.6. The van der Waals surface area contributed by atoms with Gasteiger partial charge in [0.1, 0.15) is 23.8 Å². The van der Waals surface area contributed by atoms with E-state index in [1.165, 1.54) is 37.8 Å². The van der Waals surface area contributed by atoms with E-state index in [-0.39, 0.29) is 17.0 Å². The van der Waals surface area contributed by atoms with Crippen molar-refractivity contribution in [2.24, 2.45) is 35.5 Å². The number of hydrogen-bond acceptors (Lipinski definition) is 8. The Kier molecular flexibility index (Phi) is 11.8. The SMILES string of the molecule is Cc1cc(N2C[C@H]3CC[C@@H](C2)C3Cc2nc3n(n2)CCCCC3c2ccc(F)c(F)c2F)ncn1.Fc1ccc(C2CCCCn3nc(CC4[C@@H]5CC[C@H]4CNC5)nc32)c(F)c1F. The average Bonchev–Trinajstić information content (AvgIpc) is 3.88. The fourth-order valence-electron chi connectivity index (χ4n) is 11.9. The summed E-state index contributed by atoms with van der Waals surface area (Å²) in [5.74, 6) is -0.642. The minimum Gasteiger partial charge on any atom is -0.356 e. The molecule has 4 aliphatic heterocycles. The van der Waals surface area contributed by atoms with Gasteiger partial charge in [0.05, 0.1) is 0 Å². The Morgan fingerprint density at radius 2 is 1.08 bits per heavy atom. The highest BCUT2D eigenvalue weighted by atomic mass is 19.2. The van der Waals surface area contributed by atoms with E-state index in [1.54, 1.807) is 6.33 Å². The summed E-state index contributed by atoms with van der Waals surface area (Å²) in [7, 11) is 0. The number of piperidine rings is 2. The molecule has 0 spiro atoms. The first-order valence-electron chi connectivity index (χ1n) is 23.0. The van der Waals surface area contributed by atoms with Gasteiger partial charge in [-0.1, -0.05) is 25.0 Å². The van der Waals surface area contributed by atoms with E-state index in [0.29, 0.717) is 66.5 Å². The molecule has 3 aromatic heterocycles. The lowest BCUT2D eigenvalue weighted by molar-refractivity contribution is 0.241. The Balaban J connectivity index is 0.000000153. The average molecular weight is 873 g/mol. The Morgan fingerprint density at radius 1 is 0.587 bits per heavy atom. The summed E-state index contributed by atoms with van der Waals surface area (Å²) in [5.41, 5.74) is 1.32. The van der Waals surface area contributed by atoms with Crippen molar-refractivity contribution >= 4 is 5.82 Å². The van der Waals surface area contributed by atoms with Crippen molar-refractivity contribution in [3.8, 4) is 0 Å². The van der Waals surface area contributed by atoms with Crippen LogP contribution in [0.3, 0.4) is 0 Å². The Morgan fingerprint density at radius 3 is 1.59 bits per heavy atom. The van der Waals surface area contributed by atoms with Gasteiger partial charge in [-0.15, -0.1) is 0 Å². The zero-order valence-electron chi connectivity index (χ0n) is 35.6. The molecule has 1 N–H and O–H groups in total. The summed E-state index contributed by atoms with van der Waals surface area (Å²) >= 11 is 0. The molecule has 5 aromatic rings. The standard InChI is InChI=1S/C26H29F3N6.C21H25F3N4/c1-15-10-23(31-14-30-15)34-12-16-5-6-17(13-34)20(16)11-22-32-26-19(4-2-3-9-35(26)33-22)18-7-8-21(27)25(29)24(18)28;22-17-7-6-14(19(23)20(17)24)15-3-1-2-8-28-21(15)26-18(27-28)9-16-12-4-5-13(16)11-25-10-12/h7-8,10,14,16-17,19-20H,2-6,9,11-13H2,1H3;6-7,12-13,15-16,25H,1-5,8-11H2/t16-,17+,19?,20?;12-,13+,15?,16?. The highest BCUT2D eigenvalue weighted by Crippen LogP contribution is 2.45. The van der Waals surface area contributed by atoms with Crippen LogP contribution in [0.2, 0.25) is 0 Å². The zero-order chi connectivity index (χ0) is 43.4. The van der Waals surface area contributed by atoms with E-state index < -0.39 is 40.8 Å². The van der Waals surface area contributed by atoms with Crippen LogP contribution < -0.4 is 10.2 Å². The second kappa shape index (κ2) is 17.6. The van der Waals surface area contributed by atoms with Crippen molar-refractivity contribution in [2.75, 3.05) is 31.1 Å². The lowest BCUT2D eigenvalue weighted by atomic mass is 9.82. The van der Waals surface area contributed by atoms with Gasteiger partial charge in [0.25, 0.3) is 0 Å². The van der Waals surface area contributed by atoms with E-state index in [0.717, 1.165) is 107 Å².